The third-order valence-corrected chi connectivity index (χ3v) is 3.79. The van der Waals surface area contributed by atoms with Crippen molar-refractivity contribution < 1.29 is 0 Å². The summed E-state index contributed by atoms with van der Waals surface area (Å²) in [7, 11) is 2.03. The van der Waals surface area contributed by atoms with Crippen molar-refractivity contribution in [2.75, 3.05) is 13.6 Å². The van der Waals surface area contributed by atoms with Crippen molar-refractivity contribution in [3.8, 4) is 0 Å². The molecule has 0 heterocycles. The van der Waals surface area contributed by atoms with Crippen LogP contribution in [0.1, 0.15) is 25.0 Å². The summed E-state index contributed by atoms with van der Waals surface area (Å²) in [6.45, 7) is 7.45. The number of rotatable bonds is 7. The number of likely N-dealkylation sites (N-methyl/N-ethyl adjacent to an activating group) is 1. The van der Waals surface area contributed by atoms with E-state index in [9.17, 15) is 0 Å². The molecule has 0 aliphatic carbocycles. The molecule has 2 nitrogen and oxygen atoms in total. The van der Waals surface area contributed by atoms with E-state index < -0.39 is 0 Å². The van der Waals surface area contributed by atoms with Crippen molar-refractivity contribution >= 4 is 0 Å². The van der Waals surface area contributed by atoms with Gasteiger partial charge in [0.15, 0.2) is 0 Å². The molecule has 0 bridgehead atoms. The van der Waals surface area contributed by atoms with Crippen LogP contribution >= 0.6 is 0 Å². The zero-order valence-electron chi connectivity index (χ0n) is 13.3. The fraction of sp³-hybridized carbons (Fsp3) is 0.368. The van der Waals surface area contributed by atoms with Crippen LogP contribution in [0, 0.1) is 0 Å². The minimum Gasteiger partial charge on any atom is -0.314 e. The van der Waals surface area contributed by atoms with Gasteiger partial charge in [-0.15, -0.1) is 0 Å². The van der Waals surface area contributed by atoms with Gasteiger partial charge in [0.05, 0.1) is 0 Å². The SMILES string of the molecule is CNC(C)(C)CN(Cc1ccccc1)Cc1ccccc1. The molecule has 0 aliphatic rings. The zero-order chi connectivity index (χ0) is 15.1. The molecule has 0 atom stereocenters. The van der Waals surface area contributed by atoms with Crippen LogP contribution in [-0.4, -0.2) is 24.0 Å². The van der Waals surface area contributed by atoms with Gasteiger partial charge >= 0.3 is 0 Å². The van der Waals surface area contributed by atoms with E-state index >= 15 is 0 Å². The number of nitrogens with one attached hydrogen (secondary N) is 1. The highest BCUT2D eigenvalue weighted by Gasteiger charge is 2.19. The molecule has 2 rings (SSSR count). The second kappa shape index (κ2) is 7.39. The first-order chi connectivity index (χ1) is 10.1. The second-order valence-corrected chi connectivity index (χ2v) is 6.25. The Bertz CT molecular complexity index is 478. The van der Waals surface area contributed by atoms with Gasteiger partial charge in [0.2, 0.25) is 0 Å². The molecule has 0 spiro atoms. The van der Waals surface area contributed by atoms with E-state index in [0.29, 0.717) is 0 Å². The zero-order valence-corrected chi connectivity index (χ0v) is 13.3. The van der Waals surface area contributed by atoms with Crippen molar-refractivity contribution in [1.29, 1.82) is 0 Å². The van der Waals surface area contributed by atoms with Crippen molar-refractivity contribution in [2.24, 2.45) is 0 Å². The molecule has 0 unspecified atom stereocenters. The smallest absolute Gasteiger partial charge is 0.0249 e. The summed E-state index contributed by atoms with van der Waals surface area (Å²) in [5.74, 6) is 0. The molecule has 21 heavy (non-hydrogen) atoms. The first kappa shape index (κ1) is 15.7. The third-order valence-electron chi connectivity index (χ3n) is 3.79. The lowest BCUT2D eigenvalue weighted by Gasteiger charge is -2.32. The Morgan fingerprint density at radius 1 is 0.810 bits per heavy atom. The molecule has 0 saturated heterocycles. The highest BCUT2D eigenvalue weighted by atomic mass is 15.2. The lowest BCUT2D eigenvalue weighted by molar-refractivity contribution is 0.192. The molecule has 2 aromatic rings. The van der Waals surface area contributed by atoms with Crippen LogP contribution in [0.2, 0.25) is 0 Å². The van der Waals surface area contributed by atoms with Crippen molar-refractivity contribution in [1.82, 2.24) is 10.2 Å². The van der Waals surface area contributed by atoms with Crippen molar-refractivity contribution in [3.05, 3.63) is 71.8 Å². The molecule has 0 saturated carbocycles. The van der Waals surface area contributed by atoms with Gasteiger partial charge in [-0.1, -0.05) is 60.7 Å². The number of hydrogen-bond acceptors (Lipinski definition) is 2. The number of benzene rings is 2. The molecule has 0 radical (unpaired) electrons. The highest BCUT2D eigenvalue weighted by molar-refractivity contribution is 5.17. The van der Waals surface area contributed by atoms with Gasteiger partial charge in [0.1, 0.15) is 0 Å². The molecule has 0 fully saturated rings. The fourth-order valence-electron chi connectivity index (χ4n) is 2.49. The maximum atomic E-state index is 3.40. The number of nitrogens with zero attached hydrogens (tertiary/aromatic N) is 1. The maximum absolute atomic E-state index is 3.40. The summed E-state index contributed by atoms with van der Waals surface area (Å²) in [5, 5.41) is 3.40. The summed E-state index contributed by atoms with van der Waals surface area (Å²) in [5.41, 5.74) is 2.82. The van der Waals surface area contributed by atoms with E-state index in [2.05, 4.69) is 84.7 Å². The molecular weight excluding hydrogens is 256 g/mol. The molecule has 0 aliphatic heterocycles. The van der Waals surface area contributed by atoms with Crippen LogP contribution in [-0.2, 0) is 13.1 Å². The van der Waals surface area contributed by atoms with Crippen molar-refractivity contribution in [2.45, 2.75) is 32.5 Å². The molecule has 2 heteroatoms. The lowest BCUT2D eigenvalue weighted by Crippen LogP contribution is -2.47. The second-order valence-electron chi connectivity index (χ2n) is 6.25. The molecule has 2 aromatic carbocycles. The first-order valence-electron chi connectivity index (χ1n) is 7.58. The summed E-state index contributed by atoms with van der Waals surface area (Å²) < 4.78 is 0. The molecule has 0 amide bonds. The highest BCUT2D eigenvalue weighted by Crippen LogP contribution is 2.14. The quantitative estimate of drug-likeness (QED) is 0.833. The van der Waals surface area contributed by atoms with E-state index in [1.165, 1.54) is 11.1 Å². The molecule has 0 aromatic heterocycles. The summed E-state index contributed by atoms with van der Waals surface area (Å²) in [4.78, 5) is 2.50. The summed E-state index contributed by atoms with van der Waals surface area (Å²) in [6, 6.07) is 21.4. The Balaban J connectivity index is 2.10. The van der Waals surface area contributed by atoms with Crippen LogP contribution in [0.3, 0.4) is 0 Å². The van der Waals surface area contributed by atoms with Gasteiger partial charge in [-0.25, -0.2) is 0 Å². The third kappa shape index (κ3) is 5.33. The fourth-order valence-corrected chi connectivity index (χ4v) is 2.49. The van der Waals surface area contributed by atoms with Gasteiger partial charge in [-0.3, -0.25) is 4.90 Å². The van der Waals surface area contributed by atoms with Crippen molar-refractivity contribution in [3.63, 3.8) is 0 Å². The standard InChI is InChI=1S/C19H26N2/c1-19(2,20-3)16-21(14-17-10-6-4-7-11-17)15-18-12-8-5-9-13-18/h4-13,20H,14-16H2,1-3H3. The minimum atomic E-state index is 0.101. The Hall–Kier alpha value is -1.64. The van der Waals surface area contributed by atoms with Crippen LogP contribution < -0.4 is 5.32 Å². The van der Waals surface area contributed by atoms with Gasteiger partial charge in [-0.2, -0.15) is 0 Å². The largest absolute Gasteiger partial charge is 0.314 e. The van der Waals surface area contributed by atoms with Crippen LogP contribution in [0.4, 0.5) is 0 Å². The van der Waals surface area contributed by atoms with Crippen LogP contribution in [0.25, 0.3) is 0 Å². The van der Waals surface area contributed by atoms with E-state index in [0.717, 1.165) is 19.6 Å². The minimum absolute atomic E-state index is 0.101. The Morgan fingerprint density at radius 3 is 1.62 bits per heavy atom. The van der Waals surface area contributed by atoms with E-state index in [4.69, 9.17) is 0 Å². The van der Waals surface area contributed by atoms with Crippen LogP contribution in [0.5, 0.6) is 0 Å². The maximum Gasteiger partial charge on any atom is 0.0249 e. The van der Waals surface area contributed by atoms with E-state index in [1.54, 1.807) is 0 Å². The molecular formula is C19H26N2. The van der Waals surface area contributed by atoms with E-state index in [-0.39, 0.29) is 5.54 Å². The average Bonchev–Trinajstić information content (AvgIpc) is 2.49. The summed E-state index contributed by atoms with van der Waals surface area (Å²) >= 11 is 0. The first-order valence-corrected chi connectivity index (χ1v) is 7.58. The Morgan fingerprint density at radius 2 is 1.24 bits per heavy atom. The van der Waals surface area contributed by atoms with Gasteiger partial charge in [0, 0.05) is 25.2 Å². The predicted octanol–water partition coefficient (Wildman–Crippen LogP) is 3.69. The molecule has 1 N–H and O–H groups in total. The van der Waals surface area contributed by atoms with Gasteiger partial charge in [-0.05, 0) is 32.0 Å². The van der Waals surface area contributed by atoms with Crippen LogP contribution in [0.15, 0.2) is 60.7 Å². The monoisotopic (exact) mass is 282 g/mol. The summed E-state index contributed by atoms with van der Waals surface area (Å²) in [6.07, 6.45) is 0. The molecule has 112 valence electrons. The lowest BCUT2D eigenvalue weighted by atomic mass is 10.0. The average molecular weight is 282 g/mol. The van der Waals surface area contributed by atoms with E-state index in [1.807, 2.05) is 7.05 Å². The number of hydrogen-bond donors (Lipinski definition) is 1. The van der Waals surface area contributed by atoms with Gasteiger partial charge < -0.3 is 5.32 Å². The Kier molecular flexibility index (Phi) is 5.54. The topological polar surface area (TPSA) is 15.3 Å². The predicted molar refractivity (Wildman–Crippen MR) is 90.1 cm³/mol. The van der Waals surface area contributed by atoms with Gasteiger partial charge in [0.25, 0.3) is 0 Å². The normalized spacial score (nSPS) is 11.8. The Labute approximate surface area is 128 Å².